The standard InChI is InChI=1S/C11H19NO4/c1-4-12(7(2)6-16-3)10(13)8-5-9(8)11(14)15/h7-9H,4-6H2,1-3H3,(H,14,15)/t7?,8-,9+/m1/s1. The lowest BCUT2D eigenvalue weighted by atomic mass is 10.2. The second kappa shape index (κ2) is 5.30. The molecule has 5 heteroatoms. The SMILES string of the molecule is CCN(C(=O)[C@@H]1C[C@@H]1C(=O)O)C(C)COC. The molecular formula is C11H19NO4. The summed E-state index contributed by atoms with van der Waals surface area (Å²) in [5.41, 5.74) is 0. The first-order valence-electron chi connectivity index (χ1n) is 5.55. The zero-order valence-electron chi connectivity index (χ0n) is 9.97. The number of carboxylic acids is 1. The fourth-order valence-electron chi connectivity index (χ4n) is 1.97. The van der Waals surface area contributed by atoms with E-state index in [0.29, 0.717) is 19.6 Å². The molecule has 1 rings (SSSR count). The van der Waals surface area contributed by atoms with E-state index in [1.54, 1.807) is 12.0 Å². The van der Waals surface area contributed by atoms with Crippen LogP contribution in [0.2, 0.25) is 0 Å². The van der Waals surface area contributed by atoms with Gasteiger partial charge in [0.2, 0.25) is 5.91 Å². The van der Waals surface area contributed by atoms with Crippen LogP contribution in [0.4, 0.5) is 0 Å². The largest absolute Gasteiger partial charge is 0.481 e. The number of nitrogens with zero attached hydrogens (tertiary/aromatic N) is 1. The van der Waals surface area contributed by atoms with Gasteiger partial charge in [0.05, 0.1) is 24.5 Å². The minimum Gasteiger partial charge on any atom is -0.481 e. The summed E-state index contributed by atoms with van der Waals surface area (Å²) in [5.74, 6) is -1.72. The molecule has 1 N–H and O–H groups in total. The molecule has 92 valence electrons. The van der Waals surface area contributed by atoms with Crippen molar-refractivity contribution in [2.45, 2.75) is 26.3 Å². The second-order valence-electron chi connectivity index (χ2n) is 4.22. The summed E-state index contributed by atoms with van der Waals surface area (Å²) in [6, 6.07) is -0.00227. The summed E-state index contributed by atoms with van der Waals surface area (Å²) in [6.07, 6.45) is 0.477. The number of methoxy groups -OCH3 is 1. The van der Waals surface area contributed by atoms with E-state index in [1.807, 2.05) is 13.8 Å². The Morgan fingerprint density at radius 3 is 2.50 bits per heavy atom. The number of hydrogen-bond acceptors (Lipinski definition) is 3. The first-order valence-corrected chi connectivity index (χ1v) is 5.55. The smallest absolute Gasteiger partial charge is 0.307 e. The number of rotatable bonds is 6. The van der Waals surface area contributed by atoms with E-state index in [9.17, 15) is 9.59 Å². The maximum absolute atomic E-state index is 12.0. The van der Waals surface area contributed by atoms with Crippen molar-refractivity contribution >= 4 is 11.9 Å². The molecule has 3 atom stereocenters. The Kier molecular flexibility index (Phi) is 4.29. The van der Waals surface area contributed by atoms with Crippen LogP contribution < -0.4 is 0 Å². The molecular weight excluding hydrogens is 210 g/mol. The molecule has 0 aromatic carbocycles. The molecule has 5 nitrogen and oxygen atoms in total. The molecule has 1 aliphatic carbocycles. The predicted molar refractivity (Wildman–Crippen MR) is 58.0 cm³/mol. The Hall–Kier alpha value is -1.10. The van der Waals surface area contributed by atoms with Gasteiger partial charge in [-0.2, -0.15) is 0 Å². The lowest BCUT2D eigenvalue weighted by molar-refractivity contribution is -0.142. The van der Waals surface area contributed by atoms with Crippen LogP contribution in [-0.2, 0) is 14.3 Å². The summed E-state index contributed by atoms with van der Waals surface area (Å²) >= 11 is 0. The fraction of sp³-hybridized carbons (Fsp3) is 0.818. The van der Waals surface area contributed by atoms with Crippen LogP contribution in [0.5, 0.6) is 0 Å². The van der Waals surface area contributed by atoms with Crippen molar-refractivity contribution in [1.29, 1.82) is 0 Å². The predicted octanol–water partition coefficient (Wildman–Crippen LogP) is 0.591. The maximum atomic E-state index is 12.0. The van der Waals surface area contributed by atoms with Crippen molar-refractivity contribution in [2.24, 2.45) is 11.8 Å². The van der Waals surface area contributed by atoms with E-state index in [1.165, 1.54) is 0 Å². The molecule has 16 heavy (non-hydrogen) atoms. The fourth-order valence-corrected chi connectivity index (χ4v) is 1.97. The lowest BCUT2D eigenvalue weighted by Gasteiger charge is -2.27. The minimum absolute atomic E-state index is 0.00227. The van der Waals surface area contributed by atoms with Gasteiger partial charge in [0, 0.05) is 13.7 Å². The molecule has 0 saturated heterocycles. The van der Waals surface area contributed by atoms with Crippen molar-refractivity contribution in [3.05, 3.63) is 0 Å². The Morgan fingerprint density at radius 1 is 1.50 bits per heavy atom. The van der Waals surface area contributed by atoms with E-state index in [0.717, 1.165) is 0 Å². The van der Waals surface area contributed by atoms with Crippen molar-refractivity contribution in [3.8, 4) is 0 Å². The van der Waals surface area contributed by atoms with Gasteiger partial charge in [-0.05, 0) is 20.3 Å². The van der Waals surface area contributed by atoms with Gasteiger partial charge < -0.3 is 14.7 Å². The van der Waals surface area contributed by atoms with Gasteiger partial charge in [0.25, 0.3) is 0 Å². The third-order valence-electron chi connectivity index (χ3n) is 2.99. The number of ether oxygens (including phenoxy) is 1. The molecule has 0 aromatic heterocycles. The zero-order valence-corrected chi connectivity index (χ0v) is 9.97. The van der Waals surface area contributed by atoms with Gasteiger partial charge in [0.1, 0.15) is 0 Å². The number of hydrogen-bond donors (Lipinski definition) is 1. The number of carbonyl (C=O) groups excluding carboxylic acids is 1. The Labute approximate surface area is 95.4 Å². The van der Waals surface area contributed by atoms with Crippen LogP contribution in [0.3, 0.4) is 0 Å². The molecule has 1 fully saturated rings. The van der Waals surface area contributed by atoms with Crippen LogP contribution in [0.15, 0.2) is 0 Å². The Balaban J connectivity index is 2.54. The first-order chi connectivity index (χ1) is 7.52. The topological polar surface area (TPSA) is 66.8 Å². The van der Waals surface area contributed by atoms with Gasteiger partial charge in [-0.3, -0.25) is 9.59 Å². The zero-order chi connectivity index (χ0) is 12.3. The highest BCUT2D eigenvalue weighted by molar-refractivity contribution is 5.89. The minimum atomic E-state index is -0.867. The van der Waals surface area contributed by atoms with Crippen LogP contribution >= 0.6 is 0 Å². The summed E-state index contributed by atoms with van der Waals surface area (Å²) < 4.78 is 5.00. The summed E-state index contributed by atoms with van der Waals surface area (Å²) in [7, 11) is 1.59. The Morgan fingerprint density at radius 2 is 2.12 bits per heavy atom. The molecule has 0 aromatic rings. The molecule has 0 radical (unpaired) electrons. The summed E-state index contributed by atoms with van der Waals surface area (Å²) in [6.45, 7) is 4.86. The number of amides is 1. The van der Waals surface area contributed by atoms with Crippen molar-refractivity contribution in [2.75, 3.05) is 20.3 Å². The molecule has 0 bridgehead atoms. The molecule has 1 aliphatic rings. The monoisotopic (exact) mass is 229 g/mol. The molecule has 1 saturated carbocycles. The lowest BCUT2D eigenvalue weighted by Crippen LogP contribution is -2.42. The van der Waals surface area contributed by atoms with Gasteiger partial charge in [-0.1, -0.05) is 0 Å². The van der Waals surface area contributed by atoms with Gasteiger partial charge in [-0.25, -0.2) is 0 Å². The average molecular weight is 229 g/mol. The van der Waals surface area contributed by atoms with Crippen LogP contribution in [0, 0.1) is 11.8 Å². The number of carboxylic acid groups (broad SMARTS) is 1. The van der Waals surface area contributed by atoms with Crippen molar-refractivity contribution in [3.63, 3.8) is 0 Å². The van der Waals surface area contributed by atoms with Gasteiger partial charge in [-0.15, -0.1) is 0 Å². The quantitative estimate of drug-likeness (QED) is 0.724. The average Bonchev–Trinajstić information content (AvgIpc) is 2.98. The number of likely N-dealkylation sites (N-methyl/N-ethyl adjacent to an activating group) is 1. The molecule has 0 heterocycles. The van der Waals surface area contributed by atoms with E-state index in [4.69, 9.17) is 9.84 Å². The number of carbonyl (C=O) groups is 2. The van der Waals surface area contributed by atoms with E-state index < -0.39 is 11.9 Å². The normalized spacial score (nSPS) is 24.9. The summed E-state index contributed by atoms with van der Waals surface area (Å²) in [4.78, 5) is 24.4. The van der Waals surface area contributed by atoms with Crippen LogP contribution in [0.1, 0.15) is 20.3 Å². The van der Waals surface area contributed by atoms with Crippen LogP contribution in [0.25, 0.3) is 0 Å². The third-order valence-corrected chi connectivity index (χ3v) is 2.99. The van der Waals surface area contributed by atoms with Crippen LogP contribution in [-0.4, -0.2) is 48.2 Å². The maximum Gasteiger partial charge on any atom is 0.307 e. The first kappa shape index (κ1) is 13.0. The van der Waals surface area contributed by atoms with E-state index >= 15 is 0 Å². The van der Waals surface area contributed by atoms with E-state index in [-0.39, 0.29) is 17.9 Å². The molecule has 1 unspecified atom stereocenters. The van der Waals surface area contributed by atoms with Gasteiger partial charge in [0.15, 0.2) is 0 Å². The highest BCUT2D eigenvalue weighted by Crippen LogP contribution is 2.40. The highest BCUT2D eigenvalue weighted by atomic mass is 16.5. The van der Waals surface area contributed by atoms with Crippen molar-refractivity contribution < 1.29 is 19.4 Å². The number of aliphatic carboxylic acids is 1. The molecule has 1 amide bonds. The van der Waals surface area contributed by atoms with Gasteiger partial charge >= 0.3 is 5.97 Å². The molecule has 0 spiro atoms. The van der Waals surface area contributed by atoms with E-state index in [2.05, 4.69) is 0 Å². The van der Waals surface area contributed by atoms with Crippen molar-refractivity contribution in [1.82, 2.24) is 4.90 Å². The third kappa shape index (κ3) is 2.72. The highest BCUT2D eigenvalue weighted by Gasteiger charge is 2.50. The Bertz CT molecular complexity index is 279. The molecule has 0 aliphatic heterocycles. The summed E-state index contributed by atoms with van der Waals surface area (Å²) in [5, 5.41) is 8.77. The second-order valence-corrected chi connectivity index (χ2v) is 4.22.